The van der Waals surface area contributed by atoms with Crippen molar-refractivity contribution in [1.29, 1.82) is 0 Å². The largest absolute Gasteiger partial charge is 0.492 e. The van der Waals surface area contributed by atoms with Crippen LogP contribution in [0.2, 0.25) is 0 Å². The molecule has 0 spiro atoms. The zero-order valence-corrected chi connectivity index (χ0v) is 9.42. The second-order valence-corrected chi connectivity index (χ2v) is 3.57. The molecule has 0 saturated carbocycles. The van der Waals surface area contributed by atoms with Gasteiger partial charge in [-0.3, -0.25) is 0 Å². The highest BCUT2D eigenvalue weighted by Gasteiger charge is 1.96. The fraction of sp³-hybridized carbons (Fsp3) is 0.500. The van der Waals surface area contributed by atoms with Crippen molar-refractivity contribution < 1.29 is 9.84 Å². The second-order valence-electron chi connectivity index (χ2n) is 3.57. The molecule has 0 aliphatic rings. The lowest BCUT2D eigenvalue weighted by atomic mass is 10.1. The molecule has 0 fully saturated rings. The summed E-state index contributed by atoms with van der Waals surface area (Å²) in [5, 5.41) is 11.6. The van der Waals surface area contributed by atoms with Gasteiger partial charge in [0.05, 0.1) is 6.61 Å². The SMILES string of the molecule is Cc1ccc(OCCNCCO)cc1C. The Bertz CT molecular complexity index is 300. The first kappa shape index (κ1) is 12.0. The average molecular weight is 209 g/mol. The predicted octanol–water partition coefficient (Wildman–Crippen LogP) is 1.26. The van der Waals surface area contributed by atoms with Crippen molar-refractivity contribution in [2.45, 2.75) is 13.8 Å². The Morgan fingerprint density at radius 1 is 1.20 bits per heavy atom. The molecule has 0 atom stereocenters. The summed E-state index contributed by atoms with van der Waals surface area (Å²) in [5.41, 5.74) is 2.52. The van der Waals surface area contributed by atoms with E-state index in [4.69, 9.17) is 9.84 Å². The highest BCUT2D eigenvalue weighted by atomic mass is 16.5. The van der Waals surface area contributed by atoms with Gasteiger partial charge in [-0.05, 0) is 37.1 Å². The summed E-state index contributed by atoms with van der Waals surface area (Å²) >= 11 is 0. The van der Waals surface area contributed by atoms with E-state index < -0.39 is 0 Å². The van der Waals surface area contributed by atoms with E-state index in [-0.39, 0.29) is 6.61 Å². The maximum Gasteiger partial charge on any atom is 0.119 e. The van der Waals surface area contributed by atoms with Gasteiger partial charge in [-0.25, -0.2) is 0 Å². The van der Waals surface area contributed by atoms with Gasteiger partial charge in [0.2, 0.25) is 0 Å². The molecule has 0 amide bonds. The quantitative estimate of drug-likeness (QED) is 0.693. The number of benzene rings is 1. The third-order valence-corrected chi connectivity index (χ3v) is 2.31. The molecule has 0 heterocycles. The molecule has 0 aliphatic carbocycles. The number of ether oxygens (including phenoxy) is 1. The van der Waals surface area contributed by atoms with Crippen LogP contribution in [0.5, 0.6) is 5.75 Å². The van der Waals surface area contributed by atoms with Crippen LogP contribution in [0, 0.1) is 13.8 Å². The summed E-state index contributed by atoms with van der Waals surface area (Å²) in [6.07, 6.45) is 0. The number of aryl methyl sites for hydroxylation is 2. The number of aliphatic hydroxyl groups is 1. The molecule has 0 radical (unpaired) electrons. The highest BCUT2D eigenvalue weighted by molar-refractivity contribution is 5.33. The van der Waals surface area contributed by atoms with Crippen LogP contribution in [-0.4, -0.2) is 31.4 Å². The molecule has 1 aromatic carbocycles. The van der Waals surface area contributed by atoms with Crippen molar-refractivity contribution in [1.82, 2.24) is 5.32 Å². The maximum atomic E-state index is 8.55. The molecular formula is C12H19NO2. The average Bonchev–Trinajstić information content (AvgIpc) is 2.23. The minimum absolute atomic E-state index is 0.170. The fourth-order valence-corrected chi connectivity index (χ4v) is 1.25. The monoisotopic (exact) mass is 209 g/mol. The van der Waals surface area contributed by atoms with E-state index in [1.54, 1.807) is 0 Å². The summed E-state index contributed by atoms with van der Waals surface area (Å²) < 4.78 is 5.54. The number of aliphatic hydroxyl groups excluding tert-OH is 1. The Morgan fingerprint density at radius 3 is 2.67 bits per heavy atom. The van der Waals surface area contributed by atoms with Crippen molar-refractivity contribution in [3.05, 3.63) is 29.3 Å². The van der Waals surface area contributed by atoms with E-state index >= 15 is 0 Å². The van der Waals surface area contributed by atoms with Crippen LogP contribution in [0.3, 0.4) is 0 Å². The molecular weight excluding hydrogens is 190 g/mol. The van der Waals surface area contributed by atoms with Crippen molar-refractivity contribution in [3.8, 4) is 5.75 Å². The number of rotatable bonds is 6. The molecule has 15 heavy (non-hydrogen) atoms. The van der Waals surface area contributed by atoms with Gasteiger partial charge in [0.15, 0.2) is 0 Å². The van der Waals surface area contributed by atoms with Crippen LogP contribution in [-0.2, 0) is 0 Å². The van der Waals surface area contributed by atoms with Crippen LogP contribution in [0.15, 0.2) is 18.2 Å². The van der Waals surface area contributed by atoms with Crippen LogP contribution < -0.4 is 10.1 Å². The van der Waals surface area contributed by atoms with E-state index in [0.717, 1.165) is 12.3 Å². The Morgan fingerprint density at radius 2 is 2.00 bits per heavy atom. The summed E-state index contributed by atoms with van der Waals surface area (Å²) in [4.78, 5) is 0. The summed E-state index contributed by atoms with van der Waals surface area (Å²) in [6, 6.07) is 6.08. The first-order valence-corrected chi connectivity index (χ1v) is 5.25. The van der Waals surface area contributed by atoms with Crippen LogP contribution >= 0.6 is 0 Å². The fourth-order valence-electron chi connectivity index (χ4n) is 1.25. The zero-order valence-electron chi connectivity index (χ0n) is 9.42. The molecule has 0 bridgehead atoms. The summed E-state index contributed by atoms with van der Waals surface area (Å²) in [6.45, 7) is 6.34. The van der Waals surface area contributed by atoms with Gasteiger partial charge in [-0.2, -0.15) is 0 Å². The standard InChI is InChI=1S/C12H19NO2/c1-10-3-4-12(9-11(10)2)15-8-6-13-5-7-14/h3-4,9,13-14H,5-8H2,1-2H3. The number of nitrogens with one attached hydrogen (secondary N) is 1. The molecule has 3 heteroatoms. The van der Waals surface area contributed by atoms with Crippen molar-refractivity contribution in [2.75, 3.05) is 26.3 Å². The smallest absolute Gasteiger partial charge is 0.119 e. The summed E-state index contributed by atoms with van der Waals surface area (Å²) in [7, 11) is 0. The molecule has 84 valence electrons. The van der Waals surface area contributed by atoms with Gasteiger partial charge in [0.1, 0.15) is 12.4 Å². The van der Waals surface area contributed by atoms with E-state index in [0.29, 0.717) is 13.2 Å². The van der Waals surface area contributed by atoms with Crippen molar-refractivity contribution >= 4 is 0 Å². The van der Waals surface area contributed by atoms with E-state index in [1.165, 1.54) is 11.1 Å². The van der Waals surface area contributed by atoms with Gasteiger partial charge in [-0.15, -0.1) is 0 Å². The van der Waals surface area contributed by atoms with Crippen molar-refractivity contribution in [2.24, 2.45) is 0 Å². The topological polar surface area (TPSA) is 41.5 Å². The van der Waals surface area contributed by atoms with Gasteiger partial charge >= 0.3 is 0 Å². The Labute approximate surface area is 91.1 Å². The Kier molecular flexibility index (Phi) is 5.15. The van der Waals surface area contributed by atoms with Gasteiger partial charge in [0, 0.05) is 13.1 Å². The predicted molar refractivity (Wildman–Crippen MR) is 61.4 cm³/mol. The molecule has 3 nitrogen and oxygen atoms in total. The van der Waals surface area contributed by atoms with Crippen LogP contribution in [0.1, 0.15) is 11.1 Å². The highest BCUT2D eigenvalue weighted by Crippen LogP contribution is 2.15. The number of hydrogen-bond acceptors (Lipinski definition) is 3. The molecule has 1 aromatic rings. The van der Waals surface area contributed by atoms with Crippen LogP contribution in [0.4, 0.5) is 0 Å². The van der Waals surface area contributed by atoms with E-state index in [9.17, 15) is 0 Å². The molecule has 0 aromatic heterocycles. The summed E-state index contributed by atoms with van der Waals surface area (Å²) in [5.74, 6) is 0.906. The van der Waals surface area contributed by atoms with Crippen molar-refractivity contribution in [3.63, 3.8) is 0 Å². The minimum Gasteiger partial charge on any atom is -0.492 e. The lowest BCUT2D eigenvalue weighted by Crippen LogP contribution is -2.23. The molecule has 1 rings (SSSR count). The first-order valence-electron chi connectivity index (χ1n) is 5.25. The Balaban J connectivity index is 2.28. The zero-order chi connectivity index (χ0) is 11.1. The minimum atomic E-state index is 0.170. The third kappa shape index (κ3) is 4.32. The molecule has 2 N–H and O–H groups in total. The first-order chi connectivity index (χ1) is 7.24. The maximum absolute atomic E-state index is 8.55. The van der Waals surface area contributed by atoms with Gasteiger partial charge in [-0.1, -0.05) is 6.07 Å². The third-order valence-electron chi connectivity index (χ3n) is 2.31. The second kappa shape index (κ2) is 6.43. The number of hydrogen-bond donors (Lipinski definition) is 2. The molecule has 0 unspecified atom stereocenters. The molecule has 0 saturated heterocycles. The van der Waals surface area contributed by atoms with E-state index in [2.05, 4.69) is 25.2 Å². The van der Waals surface area contributed by atoms with Gasteiger partial charge < -0.3 is 15.2 Å². The van der Waals surface area contributed by atoms with Gasteiger partial charge in [0.25, 0.3) is 0 Å². The normalized spacial score (nSPS) is 10.3. The lowest BCUT2D eigenvalue weighted by Gasteiger charge is -2.08. The molecule has 0 aliphatic heterocycles. The lowest BCUT2D eigenvalue weighted by molar-refractivity contribution is 0.276. The Hall–Kier alpha value is -1.06. The van der Waals surface area contributed by atoms with Crippen LogP contribution in [0.25, 0.3) is 0 Å². The van der Waals surface area contributed by atoms with E-state index in [1.807, 2.05) is 12.1 Å².